The number of aliphatic hydroxyl groups is 2. The number of carbonyl (C=O) groups excluding carboxylic acids is 4. The topological polar surface area (TPSA) is 140 Å². The molecule has 1 fully saturated rings. The SMILES string of the molecule is CC(=O)[C@H](C)OC(=O)[C@@H](O)CC(=O)OC1=CC[C@@]2(O)[C@H]3Cc4ccc(C=O)c5c4[C@@]2(CCN3C)[C@H]1O5. The van der Waals surface area contributed by atoms with E-state index >= 15 is 0 Å². The van der Waals surface area contributed by atoms with Gasteiger partial charge in [-0.2, -0.15) is 0 Å². The third-order valence-electron chi connectivity index (χ3n) is 8.26. The fraction of sp³-hybridized carbons (Fsp3) is 0.538. The second-order valence-electron chi connectivity index (χ2n) is 10.2. The van der Waals surface area contributed by atoms with E-state index in [1.54, 1.807) is 12.1 Å². The van der Waals surface area contributed by atoms with E-state index in [1.165, 1.54) is 13.8 Å². The van der Waals surface area contributed by atoms with Crippen LogP contribution < -0.4 is 4.74 Å². The molecule has 0 radical (unpaired) electrons. The third-order valence-corrected chi connectivity index (χ3v) is 8.26. The van der Waals surface area contributed by atoms with Gasteiger partial charge in [0.1, 0.15) is 11.5 Å². The summed E-state index contributed by atoms with van der Waals surface area (Å²) in [6.07, 6.45) is -0.738. The second kappa shape index (κ2) is 8.50. The predicted octanol–water partition coefficient (Wildman–Crippen LogP) is 0.592. The van der Waals surface area contributed by atoms with E-state index in [4.69, 9.17) is 14.2 Å². The van der Waals surface area contributed by atoms with Gasteiger partial charge in [0, 0.05) is 18.0 Å². The van der Waals surface area contributed by atoms with Crippen LogP contribution in [0.1, 0.15) is 54.6 Å². The summed E-state index contributed by atoms with van der Waals surface area (Å²) in [7, 11) is 1.97. The molecule has 1 spiro atoms. The summed E-state index contributed by atoms with van der Waals surface area (Å²) < 4.78 is 16.8. The Labute approximate surface area is 207 Å². The van der Waals surface area contributed by atoms with Crippen LogP contribution in [0.4, 0.5) is 0 Å². The van der Waals surface area contributed by atoms with Crippen molar-refractivity contribution in [1.29, 1.82) is 0 Å². The van der Waals surface area contributed by atoms with E-state index in [0.717, 1.165) is 11.1 Å². The molecule has 1 aromatic carbocycles. The van der Waals surface area contributed by atoms with Gasteiger partial charge in [-0.3, -0.25) is 14.4 Å². The van der Waals surface area contributed by atoms with Crippen molar-refractivity contribution in [3.05, 3.63) is 40.7 Å². The molecule has 5 rings (SSSR count). The smallest absolute Gasteiger partial charge is 0.336 e. The molecule has 2 aliphatic heterocycles. The Balaban J connectivity index is 1.43. The van der Waals surface area contributed by atoms with Gasteiger partial charge in [-0.1, -0.05) is 6.07 Å². The number of esters is 2. The zero-order valence-corrected chi connectivity index (χ0v) is 20.4. The summed E-state index contributed by atoms with van der Waals surface area (Å²) in [5, 5.41) is 22.2. The van der Waals surface area contributed by atoms with Crippen LogP contribution in [0.5, 0.6) is 5.75 Å². The molecular formula is C26H29NO9. The fourth-order valence-corrected chi connectivity index (χ4v) is 6.32. The highest BCUT2D eigenvalue weighted by Gasteiger charge is 2.71. The summed E-state index contributed by atoms with van der Waals surface area (Å²) in [6.45, 7) is 3.29. The van der Waals surface area contributed by atoms with E-state index < -0.39 is 53.5 Å². The molecule has 1 saturated heterocycles. The lowest BCUT2D eigenvalue weighted by Crippen LogP contribution is -2.74. The van der Waals surface area contributed by atoms with E-state index in [9.17, 15) is 29.4 Å². The first-order chi connectivity index (χ1) is 17.0. The lowest BCUT2D eigenvalue weighted by Gasteiger charge is -2.61. The Morgan fingerprint density at radius 3 is 2.78 bits per heavy atom. The average molecular weight is 500 g/mol. The molecule has 10 heteroatoms. The van der Waals surface area contributed by atoms with Crippen LogP contribution in [0.25, 0.3) is 0 Å². The second-order valence-corrected chi connectivity index (χ2v) is 10.2. The number of rotatable bonds is 7. The number of likely N-dealkylation sites (N-methyl/N-ethyl adjacent to an activating group) is 1. The number of benzene rings is 1. The quantitative estimate of drug-likeness (QED) is 0.405. The molecule has 10 nitrogen and oxygen atoms in total. The van der Waals surface area contributed by atoms with Crippen LogP contribution in [-0.2, 0) is 35.7 Å². The highest BCUT2D eigenvalue weighted by molar-refractivity contribution is 5.86. The highest BCUT2D eigenvalue weighted by atomic mass is 16.6. The maximum atomic E-state index is 12.7. The Morgan fingerprint density at radius 2 is 2.08 bits per heavy atom. The maximum Gasteiger partial charge on any atom is 0.336 e. The number of aliphatic hydroxyl groups excluding tert-OH is 1. The number of likely N-dealkylation sites (tertiary alicyclic amines) is 1. The van der Waals surface area contributed by atoms with Crippen LogP contribution in [0, 0.1) is 0 Å². The Bertz CT molecular complexity index is 1190. The van der Waals surface area contributed by atoms with Gasteiger partial charge < -0.3 is 29.3 Å². The fourth-order valence-electron chi connectivity index (χ4n) is 6.32. The number of hydrogen-bond acceptors (Lipinski definition) is 10. The molecule has 6 atom stereocenters. The zero-order valence-electron chi connectivity index (χ0n) is 20.4. The molecule has 2 aliphatic carbocycles. The van der Waals surface area contributed by atoms with Gasteiger partial charge in [0.15, 0.2) is 30.4 Å². The van der Waals surface area contributed by atoms with Crippen LogP contribution in [0.15, 0.2) is 24.0 Å². The lowest BCUT2D eigenvalue weighted by molar-refractivity contribution is -0.172. The summed E-state index contributed by atoms with van der Waals surface area (Å²) >= 11 is 0. The molecule has 0 unspecified atom stereocenters. The molecule has 1 aromatic rings. The Hall–Kier alpha value is -3.08. The monoisotopic (exact) mass is 499 g/mol. The van der Waals surface area contributed by atoms with Gasteiger partial charge in [-0.25, -0.2) is 4.79 Å². The molecule has 2 N–H and O–H groups in total. The number of ketones is 1. The van der Waals surface area contributed by atoms with Crippen molar-refractivity contribution in [2.75, 3.05) is 13.6 Å². The molecule has 36 heavy (non-hydrogen) atoms. The van der Waals surface area contributed by atoms with Crippen molar-refractivity contribution in [2.45, 2.75) is 74.9 Å². The van der Waals surface area contributed by atoms with Crippen molar-refractivity contribution in [1.82, 2.24) is 4.90 Å². The van der Waals surface area contributed by atoms with E-state index in [-0.39, 0.29) is 18.2 Å². The first-order valence-electron chi connectivity index (χ1n) is 12.0. The summed E-state index contributed by atoms with van der Waals surface area (Å²) in [5.41, 5.74) is 0.0371. The summed E-state index contributed by atoms with van der Waals surface area (Å²) in [6, 6.07) is 3.41. The van der Waals surface area contributed by atoms with Crippen LogP contribution in [-0.4, -0.2) is 82.7 Å². The van der Waals surface area contributed by atoms with Gasteiger partial charge in [0.25, 0.3) is 0 Å². The van der Waals surface area contributed by atoms with Crippen LogP contribution in [0.2, 0.25) is 0 Å². The molecule has 0 amide bonds. The molecule has 192 valence electrons. The Kier molecular flexibility index (Phi) is 5.81. The van der Waals surface area contributed by atoms with Crippen LogP contribution >= 0.6 is 0 Å². The predicted molar refractivity (Wildman–Crippen MR) is 123 cm³/mol. The minimum Gasteiger partial charge on any atom is -0.480 e. The highest BCUT2D eigenvalue weighted by Crippen LogP contribution is 2.64. The van der Waals surface area contributed by atoms with Gasteiger partial charge in [0.2, 0.25) is 0 Å². The number of carbonyl (C=O) groups is 4. The minimum absolute atomic E-state index is 0.173. The number of aldehydes is 1. The van der Waals surface area contributed by atoms with Gasteiger partial charge in [-0.15, -0.1) is 0 Å². The number of hydrogen-bond donors (Lipinski definition) is 2. The lowest BCUT2D eigenvalue weighted by atomic mass is 9.50. The number of piperidine rings is 1. The molecule has 4 aliphatic rings. The van der Waals surface area contributed by atoms with Crippen molar-refractivity contribution in [3.8, 4) is 5.75 Å². The maximum absolute atomic E-state index is 12.7. The van der Waals surface area contributed by atoms with Crippen molar-refractivity contribution >= 4 is 24.0 Å². The van der Waals surface area contributed by atoms with Gasteiger partial charge >= 0.3 is 11.9 Å². The molecule has 2 bridgehead atoms. The molecule has 0 aromatic heterocycles. The zero-order chi connectivity index (χ0) is 26.0. The standard InChI is InChI=1S/C26H29NO9/c1-13(29)14(2)34-24(32)17(30)11-20(31)35-18-6-7-26(33)19-10-15-4-5-16(12-28)22-21(15)25(26,23(18)36-22)8-9-27(19)3/h4-6,12,14,17,19,23,30,33H,7-11H2,1-3H3/t14-,17-,19+,23-,25-,26+/m0/s1. The molecule has 0 saturated carbocycles. The number of ether oxygens (including phenoxy) is 3. The summed E-state index contributed by atoms with van der Waals surface area (Å²) in [5.74, 6) is -1.81. The van der Waals surface area contributed by atoms with E-state index in [2.05, 4.69) is 4.90 Å². The summed E-state index contributed by atoms with van der Waals surface area (Å²) in [4.78, 5) is 50.0. The minimum atomic E-state index is -1.81. The van der Waals surface area contributed by atoms with Crippen molar-refractivity contribution in [3.63, 3.8) is 0 Å². The first kappa shape index (κ1) is 24.6. The number of Topliss-reactive ketones (excluding diaryl/α,β-unsaturated/α-hetero) is 1. The molecular weight excluding hydrogens is 470 g/mol. The van der Waals surface area contributed by atoms with Crippen molar-refractivity contribution in [2.24, 2.45) is 0 Å². The first-order valence-corrected chi connectivity index (χ1v) is 12.0. The van der Waals surface area contributed by atoms with E-state index in [1.807, 2.05) is 13.1 Å². The van der Waals surface area contributed by atoms with Crippen molar-refractivity contribution < 1.29 is 43.6 Å². The number of nitrogens with zero attached hydrogens (tertiary/aromatic N) is 1. The van der Waals surface area contributed by atoms with E-state index in [0.29, 0.717) is 37.0 Å². The largest absolute Gasteiger partial charge is 0.480 e. The van der Waals surface area contributed by atoms with Gasteiger partial charge in [-0.05, 0) is 58.0 Å². The average Bonchev–Trinajstić information content (AvgIpc) is 3.18. The molecule has 2 heterocycles. The van der Waals surface area contributed by atoms with Gasteiger partial charge in [0.05, 0.1) is 23.0 Å². The Morgan fingerprint density at radius 1 is 1.33 bits per heavy atom. The van der Waals surface area contributed by atoms with Crippen LogP contribution in [0.3, 0.4) is 0 Å². The third kappa shape index (κ3) is 3.35. The normalized spacial score (nSPS) is 31.3.